The van der Waals surface area contributed by atoms with Gasteiger partial charge < -0.3 is 19.9 Å². The summed E-state index contributed by atoms with van der Waals surface area (Å²) < 4.78 is 11.8. The number of hydrogen-bond donors (Lipinski definition) is 2. The molecule has 25 heavy (non-hydrogen) atoms. The predicted molar refractivity (Wildman–Crippen MR) is 90.9 cm³/mol. The number of hydrogen-bond acceptors (Lipinski definition) is 5. The van der Waals surface area contributed by atoms with Crippen LogP contribution in [0.15, 0.2) is 18.2 Å². The number of rotatable bonds is 5. The van der Waals surface area contributed by atoms with E-state index in [0.29, 0.717) is 36.1 Å². The highest BCUT2D eigenvalue weighted by Gasteiger charge is 2.26. The molecule has 0 radical (unpaired) electrons. The van der Waals surface area contributed by atoms with Gasteiger partial charge in [-0.2, -0.15) is 5.26 Å². The van der Waals surface area contributed by atoms with Crippen LogP contribution in [-0.2, 0) is 0 Å². The molecule has 1 aromatic carbocycles. The average Bonchev–Trinajstić information content (AvgIpc) is 2.62. The number of likely N-dealkylation sites (tertiary alicyclic amines) is 1. The Hall–Kier alpha value is -2.46. The Morgan fingerprint density at radius 3 is 2.88 bits per heavy atom. The monoisotopic (exact) mass is 345 g/mol. The first-order valence-electron chi connectivity index (χ1n) is 8.67. The second-order valence-electron chi connectivity index (χ2n) is 6.59. The lowest BCUT2D eigenvalue weighted by molar-refractivity contribution is 0.0472. The van der Waals surface area contributed by atoms with Gasteiger partial charge >= 0.3 is 6.09 Å². The molecule has 0 bridgehead atoms. The van der Waals surface area contributed by atoms with Crippen LogP contribution in [0.1, 0.15) is 24.8 Å². The third-order valence-corrected chi connectivity index (χ3v) is 4.79. The van der Waals surface area contributed by atoms with Gasteiger partial charge in [-0.1, -0.05) is 0 Å². The first kappa shape index (κ1) is 17.4. The van der Waals surface area contributed by atoms with E-state index >= 15 is 0 Å². The highest BCUT2D eigenvalue weighted by atomic mass is 16.6. The maximum absolute atomic E-state index is 10.5. The van der Waals surface area contributed by atoms with E-state index in [0.717, 1.165) is 38.9 Å². The number of piperidine rings is 1. The molecule has 1 atom stereocenters. The number of nitrogens with zero attached hydrogens (tertiary/aromatic N) is 2. The van der Waals surface area contributed by atoms with Crippen LogP contribution in [0.3, 0.4) is 0 Å². The molecular formula is C18H23N3O4. The molecule has 2 N–H and O–H groups in total. The predicted octanol–water partition coefficient (Wildman–Crippen LogP) is 2.07. The summed E-state index contributed by atoms with van der Waals surface area (Å²) in [6.45, 7) is 3.82. The molecule has 1 fully saturated rings. The molecule has 7 nitrogen and oxygen atoms in total. The van der Waals surface area contributed by atoms with Crippen LogP contribution in [0.2, 0.25) is 0 Å². The lowest BCUT2D eigenvalue weighted by Crippen LogP contribution is -2.44. The van der Waals surface area contributed by atoms with E-state index in [-0.39, 0.29) is 6.10 Å². The van der Waals surface area contributed by atoms with Crippen molar-refractivity contribution < 1.29 is 19.4 Å². The third kappa shape index (κ3) is 4.77. The van der Waals surface area contributed by atoms with E-state index in [1.807, 2.05) is 0 Å². The molecule has 7 heteroatoms. The topological polar surface area (TPSA) is 94.8 Å². The molecule has 0 aliphatic carbocycles. The standard InChI is InChI=1S/C18H23N3O4/c19-10-14-1-2-16-17(9-14)25-15(12-24-16)11-21-7-4-13(5-8-21)3-6-20-18(22)23/h1-2,9,13,15,20H,3-8,11-12H2,(H,22,23)/t15-/m0/s1. The molecule has 0 saturated carbocycles. The fourth-order valence-electron chi connectivity index (χ4n) is 3.40. The van der Waals surface area contributed by atoms with Crippen LogP contribution in [-0.4, -0.2) is 55.0 Å². The van der Waals surface area contributed by atoms with E-state index in [1.165, 1.54) is 0 Å². The largest absolute Gasteiger partial charge is 0.486 e. The molecule has 0 aromatic heterocycles. The number of ether oxygens (including phenoxy) is 2. The number of fused-ring (bicyclic) bond motifs is 1. The van der Waals surface area contributed by atoms with E-state index in [9.17, 15) is 4.79 Å². The summed E-state index contributed by atoms with van der Waals surface area (Å²) in [5.74, 6) is 1.91. The van der Waals surface area contributed by atoms with Gasteiger partial charge in [0.15, 0.2) is 11.5 Å². The first-order valence-corrected chi connectivity index (χ1v) is 8.67. The van der Waals surface area contributed by atoms with Crippen molar-refractivity contribution in [3.8, 4) is 17.6 Å². The fourth-order valence-corrected chi connectivity index (χ4v) is 3.40. The Morgan fingerprint density at radius 2 is 2.16 bits per heavy atom. The maximum Gasteiger partial charge on any atom is 0.404 e. The lowest BCUT2D eigenvalue weighted by Gasteiger charge is -2.35. The minimum absolute atomic E-state index is 0.0355. The molecule has 3 rings (SSSR count). The summed E-state index contributed by atoms with van der Waals surface area (Å²) >= 11 is 0. The highest BCUT2D eigenvalue weighted by Crippen LogP contribution is 2.33. The summed E-state index contributed by atoms with van der Waals surface area (Å²) in [6.07, 6.45) is 2.06. The second kappa shape index (κ2) is 8.08. The Morgan fingerprint density at radius 1 is 1.36 bits per heavy atom. The van der Waals surface area contributed by atoms with E-state index in [2.05, 4.69) is 16.3 Å². The van der Waals surface area contributed by atoms with Crippen LogP contribution < -0.4 is 14.8 Å². The van der Waals surface area contributed by atoms with Crippen molar-refractivity contribution in [2.45, 2.75) is 25.4 Å². The molecule has 1 saturated heterocycles. The quantitative estimate of drug-likeness (QED) is 0.848. The van der Waals surface area contributed by atoms with Crippen LogP contribution >= 0.6 is 0 Å². The van der Waals surface area contributed by atoms with E-state index in [1.54, 1.807) is 18.2 Å². The van der Waals surface area contributed by atoms with Gasteiger partial charge in [-0.15, -0.1) is 0 Å². The number of amides is 1. The lowest BCUT2D eigenvalue weighted by atomic mass is 9.93. The summed E-state index contributed by atoms with van der Waals surface area (Å²) in [7, 11) is 0. The Balaban J connectivity index is 1.44. The van der Waals surface area contributed by atoms with E-state index in [4.69, 9.17) is 19.8 Å². The van der Waals surface area contributed by atoms with Crippen LogP contribution in [0.5, 0.6) is 11.5 Å². The Bertz CT molecular complexity index is 650. The van der Waals surface area contributed by atoms with Crippen LogP contribution in [0.4, 0.5) is 4.79 Å². The molecule has 2 heterocycles. The molecule has 2 aliphatic rings. The maximum atomic E-state index is 10.5. The van der Waals surface area contributed by atoms with Crippen LogP contribution in [0, 0.1) is 17.2 Å². The summed E-state index contributed by atoms with van der Waals surface area (Å²) in [5, 5.41) is 20.0. The molecule has 2 aliphatic heterocycles. The van der Waals surface area contributed by atoms with Crippen molar-refractivity contribution in [1.82, 2.24) is 10.2 Å². The summed E-state index contributed by atoms with van der Waals surface area (Å²) in [5.41, 5.74) is 0.568. The second-order valence-corrected chi connectivity index (χ2v) is 6.59. The van der Waals surface area contributed by atoms with Gasteiger partial charge in [0.2, 0.25) is 0 Å². The van der Waals surface area contributed by atoms with Crippen molar-refractivity contribution in [2.24, 2.45) is 5.92 Å². The number of nitrogens with one attached hydrogen (secondary N) is 1. The van der Waals surface area contributed by atoms with Gasteiger partial charge in [0, 0.05) is 19.2 Å². The smallest absolute Gasteiger partial charge is 0.404 e. The number of nitriles is 1. The minimum Gasteiger partial charge on any atom is -0.486 e. The fraction of sp³-hybridized carbons (Fsp3) is 0.556. The summed E-state index contributed by atoms with van der Waals surface area (Å²) in [4.78, 5) is 12.8. The zero-order chi connectivity index (χ0) is 17.6. The van der Waals surface area contributed by atoms with Gasteiger partial charge in [0.05, 0.1) is 11.6 Å². The number of carboxylic acid groups (broad SMARTS) is 1. The first-order chi connectivity index (χ1) is 12.1. The van der Waals surface area contributed by atoms with Crippen molar-refractivity contribution in [3.63, 3.8) is 0 Å². The van der Waals surface area contributed by atoms with Crippen molar-refractivity contribution in [2.75, 3.05) is 32.8 Å². The Kier molecular flexibility index (Phi) is 5.61. The average molecular weight is 345 g/mol. The zero-order valence-corrected chi connectivity index (χ0v) is 14.1. The van der Waals surface area contributed by atoms with Crippen LogP contribution in [0.25, 0.3) is 0 Å². The zero-order valence-electron chi connectivity index (χ0n) is 14.1. The normalized spacial score (nSPS) is 20.7. The highest BCUT2D eigenvalue weighted by molar-refractivity contribution is 5.64. The SMILES string of the molecule is N#Cc1ccc2c(c1)O[C@@H](CN1CCC(CCNC(=O)O)CC1)CO2. The van der Waals surface area contributed by atoms with Crippen molar-refractivity contribution in [3.05, 3.63) is 23.8 Å². The summed E-state index contributed by atoms with van der Waals surface area (Å²) in [6, 6.07) is 7.35. The third-order valence-electron chi connectivity index (χ3n) is 4.79. The molecular weight excluding hydrogens is 322 g/mol. The number of benzene rings is 1. The molecule has 0 spiro atoms. The molecule has 1 amide bonds. The van der Waals surface area contributed by atoms with Gasteiger partial charge in [-0.05, 0) is 50.4 Å². The van der Waals surface area contributed by atoms with Crippen molar-refractivity contribution >= 4 is 6.09 Å². The minimum atomic E-state index is -0.952. The van der Waals surface area contributed by atoms with Gasteiger partial charge in [-0.25, -0.2) is 4.79 Å². The number of carbonyl (C=O) groups is 1. The van der Waals surface area contributed by atoms with E-state index < -0.39 is 6.09 Å². The molecule has 0 unspecified atom stereocenters. The Labute approximate surface area is 147 Å². The van der Waals surface area contributed by atoms with Gasteiger partial charge in [-0.3, -0.25) is 4.90 Å². The van der Waals surface area contributed by atoms with Gasteiger partial charge in [0.1, 0.15) is 12.7 Å². The molecule has 134 valence electrons. The van der Waals surface area contributed by atoms with Gasteiger partial charge in [0.25, 0.3) is 0 Å². The molecule has 1 aromatic rings. The van der Waals surface area contributed by atoms with Crippen molar-refractivity contribution in [1.29, 1.82) is 5.26 Å².